The third kappa shape index (κ3) is 4.34. The lowest BCUT2D eigenvalue weighted by molar-refractivity contribution is 0.0383. The fourth-order valence-electron chi connectivity index (χ4n) is 3.74. The average Bonchev–Trinajstić information content (AvgIpc) is 3.39. The number of nitrogens with zero attached hydrogens (tertiary/aromatic N) is 5. The van der Waals surface area contributed by atoms with Crippen LogP contribution in [0.3, 0.4) is 0 Å². The van der Waals surface area contributed by atoms with Crippen LogP contribution in [0.2, 0.25) is 0 Å². The molecule has 0 unspecified atom stereocenters. The Hall–Kier alpha value is -2.45. The van der Waals surface area contributed by atoms with Crippen molar-refractivity contribution in [3.05, 3.63) is 30.4 Å². The van der Waals surface area contributed by atoms with Gasteiger partial charge in [0.15, 0.2) is 0 Å². The van der Waals surface area contributed by atoms with Crippen LogP contribution < -0.4 is 10.2 Å². The minimum Gasteiger partial charge on any atom is -0.379 e. The van der Waals surface area contributed by atoms with E-state index in [0.29, 0.717) is 12.2 Å². The summed E-state index contributed by atoms with van der Waals surface area (Å²) in [5.41, 5.74) is 2.51. The Morgan fingerprint density at radius 2 is 1.82 bits per heavy atom. The highest BCUT2D eigenvalue weighted by molar-refractivity contribution is 5.94. The van der Waals surface area contributed by atoms with Crippen molar-refractivity contribution < 1.29 is 9.53 Å². The Balaban J connectivity index is 1.36. The SMILES string of the molecule is Cn1cc(-c2cnc(N3CCCC3)nc2)cc1C(=O)NCCN1CCOCC1. The van der Waals surface area contributed by atoms with E-state index in [1.807, 2.05) is 36.3 Å². The van der Waals surface area contributed by atoms with Gasteiger partial charge in [-0.1, -0.05) is 0 Å². The molecule has 2 aliphatic heterocycles. The molecule has 0 aliphatic carbocycles. The molecule has 2 aromatic rings. The summed E-state index contributed by atoms with van der Waals surface area (Å²) >= 11 is 0. The van der Waals surface area contributed by atoms with Crippen LogP contribution in [-0.2, 0) is 11.8 Å². The monoisotopic (exact) mass is 384 g/mol. The zero-order valence-electron chi connectivity index (χ0n) is 16.4. The number of ether oxygens (including phenoxy) is 1. The van der Waals surface area contributed by atoms with E-state index in [0.717, 1.165) is 63.0 Å². The van der Waals surface area contributed by atoms with Crippen molar-refractivity contribution >= 4 is 11.9 Å². The van der Waals surface area contributed by atoms with Crippen molar-refractivity contribution in [3.8, 4) is 11.1 Å². The van der Waals surface area contributed by atoms with Gasteiger partial charge in [-0.05, 0) is 18.9 Å². The molecule has 2 saturated heterocycles. The van der Waals surface area contributed by atoms with Crippen LogP contribution >= 0.6 is 0 Å². The van der Waals surface area contributed by atoms with Gasteiger partial charge in [0, 0.05) is 76.0 Å². The second-order valence-electron chi connectivity index (χ2n) is 7.40. The van der Waals surface area contributed by atoms with Gasteiger partial charge in [-0.15, -0.1) is 0 Å². The van der Waals surface area contributed by atoms with Gasteiger partial charge in [-0.3, -0.25) is 9.69 Å². The van der Waals surface area contributed by atoms with Crippen LogP contribution in [0.1, 0.15) is 23.3 Å². The minimum absolute atomic E-state index is 0.0587. The molecular formula is C20H28N6O2. The maximum absolute atomic E-state index is 12.6. The molecule has 8 heteroatoms. The van der Waals surface area contributed by atoms with Gasteiger partial charge < -0.3 is 19.5 Å². The summed E-state index contributed by atoms with van der Waals surface area (Å²) < 4.78 is 7.20. The first-order chi connectivity index (χ1) is 13.7. The average molecular weight is 384 g/mol. The summed E-state index contributed by atoms with van der Waals surface area (Å²) in [6.45, 7) is 6.93. The lowest BCUT2D eigenvalue weighted by atomic mass is 10.2. The Morgan fingerprint density at radius 3 is 2.54 bits per heavy atom. The first-order valence-corrected chi connectivity index (χ1v) is 10.0. The van der Waals surface area contributed by atoms with Crippen LogP contribution in [0.4, 0.5) is 5.95 Å². The minimum atomic E-state index is -0.0587. The molecule has 0 saturated carbocycles. The second kappa shape index (κ2) is 8.70. The maximum atomic E-state index is 12.6. The van der Waals surface area contributed by atoms with Gasteiger partial charge in [0.1, 0.15) is 5.69 Å². The number of morpholine rings is 1. The predicted octanol–water partition coefficient (Wildman–Crippen LogP) is 1.14. The third-order valence-electron chi connectivity index (χ3n) is 5.42. The number of aryl methyl sites for hydroxylation is 1. The smallest absolute Gasteiger partial charge is 0.267 e. The van der Waals surface area contributed by atoms with E-state index in [4.69, 9.17) is 4.74 Å². The van der Waals surface area contributed by atoms with Crippen LogP contribution in [-0.4, -0.2) is 77.8 Å². The van der Waals surface area contributed by atoms with E-state index in [1.54, 1.807) is 0 Å². The van der Waals surface area contributed by atoms with Crippen molar-refractivity contribution in [3.63, 3.8) is 0 Å². The first kappa shape index (κ1) is 18.9. The fourth-order valence-corrected chi connectivity index (χ4v) is 3.74. The summed E-state index contributed by atoms with van der Waals surface area (Å²) in [5, 5.41) is 3.02. The summed E-state index contributed by atoms with van der Waals surface area (Å²) in [5.74, 6) is 0.731. The largest absolute Gasteiger partial charge is 0.379 e. The van der Waals surface area contributed by atoms with E-state index in [9.17, 15) is 4.79 Å². The molecule has 28 heavy (non-hydrogen) atoms. The zero-order chi connectivity index (χ0) is 19.3. The molecule has 2 aliphatic rings. The highest BCUT2D eigenvalue weighted by atomic mass is 16.5. The molecule has 1 N–H and O–H groups in total. The molecule has 8 nitrogen and oxygen atoms in total. The lowest BCUT2D eigenvalue weighted by Gasteiger charge is -2.26. The molecule has 0 radical (unpaired) electrons. The van der Waals surface area contributed by atoms with E-state index in [2.05, 4.69) is 25.1 Å². The molecule has 0 atom stereocenters. The number of carbonyl (C=O) groups is 1. The van der Waals surface area contributed by atoms with Gasteiger partial charge in [0.25, 0.3) is 5.91 Å². The Kier molecular flexibility index (Phi) is 5.87. The van der Waals surface area contributed by atoms with E-state index < -0.39 is 0 Å². The molecular weight excluding hydrogens is 356 g/mol. The third-order valence-corrected chi connectivity index (χ3v) is 5.42. The molecule has 0 bridgehead atoms. The number of amides is 1. The first-order valence-electron chi connectivity index (χ1n) is 10.0. The number of aromatic nitrogens is 3. The van der Waals surface area contributed by atoms with Crippen molar-refractivity contribution in [2.24, 2.45) is 7.05 Å². The molecule has 2 aromatic heterocycles. The molecule has 150 valence electrons. The second-order valence-corrected chi connectivity index (χ2v) is 7.40. The standard InChI is InChI=1S/C20H28N6O2/c1-24-15-16(17-13-22-20(23-14-17)26-5-2-3-6-26)12-18(24)19(27)21-4-7-25-8-10-28-11-9-25/h12-15H,2-11H2,1H3,(H,21,27). The fraction of sp³-hybridized carbons (Fsp3) is 0.550. The van der Waals surface area contributed by atoms with Gasteiger partial charge in [0.05, 0.1) is 13.2 Å². The number of carbonyl (C=O) groups excluding carboxylic acids is 1. The summed E-state index contributed by atoms with van der Waals surface area (Å²) in [6.07, 6.45) is 8.04. The molecule has 0 spiro atoms. The molecule has 2 fully saturated rings. The number of hydrogen-bond acceptors (Lipinski definition) is 6. The van der Waals surface area contributed by atoms with Gasteiger partial charge >= 0.3 is 0 Å². The van der Waals surface area contributed by atoms with Crippen LogP contribution in [0.5, 0.6) is 0 Å². The van der Waals surface area contributed by atoms with Crippen molar-refractivity contribution in [1.82, 2.24) is 24.8 Å². The Bertz CT molecular complexity index is 792. The number of hydrogen-bond donors (Lipinski definition) is 1. The maximum Gasteiger partial charge on any atom is 0.267 e. The van der Waals surface area contributed by atoms with Crippen molar-refractivity contribution in [1.29, 1.82) is 0 Å². The topological polar surface area (TPSA) is 75.5 Å². The lowest BCUT2D eigenvalue weighted by Crippen LogP contribution is -2.41. The number of nitrogens with one attached hydrogen (secondary N) is 1. The summed E-state index contributed by atoms with van der Waals surface area (Å²) in [4.78, 5) is 26.1. The van der Waals surface area contributed by atoms with E-state index in [-0.39, 0.29) is 5.91 Å². The van der Waals surface area contributed by atoms with Gasteiger partial charge in [-0.2, -0.15) is 0 Å². The van der Waals surface area contributed by atoms with E-state index in [1.165, 1.54) is 12.8 Å². The van der Waals surface area contributed by atoms with Gasteiger partial charge in [0.2, 0.25) is 5.95 Å². The van der Waals surface area contributed by atoms with Crippen molar-refractivity contribution in [2.45, 2.75) is 12.8 Å². The molecule has 4 heterocycles. The number of rotatable bonds is 6. The highest BCUT2D eigenvalue weighted by Crippen LogP contribution is 2.22. The summed E-state index contributed by atoms with van der Waals surface area (Å²) in [7, 11) is 1.89. The predicted molar refractivity (Wildman–Crippen MR) is 107 cm³/mol. The van der Waals surface area contributed by atoms with Gasteiger partial charge in [-0.25, -0.2) is 9.97 Å². The van der Waals surface area contributed by atoms with Crippen LogP contribution in [0.25, 0.3) is 11.1 Å². The van der Waals surface area contributed by atoms with E-state index >= 15 is 0 Å². The van der Waals surface area contributed by atoms with Crippen molar-refractivity contribution in [2.75, 3.05) is 57.4 Å². The number of anilines is 1. The van der Waals surface area contributed by atoms with Crippen LogP contribution in [0.15, 0.2) is 24.7 Å². The Labute approximate surface area is 165 Å². The Morgan fingerprint density at radius 1 is 1.11 bits per heavy atom. The molecule has 4 rings (SSSR count). The quantitative estimate of drug-likeness (QED) is 0.805. The normalized spacial score (nSPS) is 17.8. The molecule has 1 amide bonds. The highest BCUT2D eigenvalue weighted by Gasteiger charge is 2.17. The van der Waals surface area contributed by atoms with Crippen LogP contribution in [0, 0.1) is 0 Å². The molecule has 0 aromatic carbocycles. The zero-order valence-corrected chi connectivity index (χ0v) is 16.4. The summed E-state index contributed by atoms with van der Waals surface area (Å²) in [6, 6.07) is 1.90.